The normalized spacial score (nSPS) is 23.4. The van der Waals surface area contributed by atoms with Crippen molar-refractivity contribution in [1.82, 2.24) is 9.80 Å². The lowest BCUT2D eigenvalue weighted by atomic mass is 10.0. The molecule has 0 radical (unpaired) electrons. The molecule has 142 valence electrons. The van der Waals surface area contributed by atoms with E-state index < -0.39 is 0 Å². The van der Waals surface area contributed by atoms with Gasteiger partial charge in [0.25, 0.3) is 0 Å². The summed E-state index contributed by atoms with van der Waals surface area (Å²) >= 11 is 0. The standard InChI is InChI=1S/C21H30N2O3/c1-3-12-26-20-8-7-17(13-21(20)25-4-2)14-23-16-18-6-5-10-22(18)15-19(23)9-11-24/h1,7-8,13,18-19,24H,4-6,9-12,14-16H2,2H3/t18-,19-/m0/s1. The number of fused-ring (bicyclic) bond motifs is 1. The lowest BCUT2D eigenvalue weighted by Gasteiger charge is -2.43. The average Bonchev–Trinajstić information content (AvgIpc) is 3.09. The quantitative estimate of drug-likeness (QED) is 0.722. The van der Waals surface area contributed by atoms with Gasteiger partial charge < -0.3 is 14.6 Å². The molecule has 3 rings (SSSR count). The van der Waals surface area contributed by atoms with Gasteiger partial charge in [0.15, 0.2) is 11.5 Å². The van der Waals surface area contributed by atoms with Crippen molar-refractivity contribution in [2.75, 3.05) is 39.5 Å². The number of hydrogen-bond acceptors (Lipinski definition) is 5. The van der Waals surface area contributed by atoms with Gasteiger partial charge in [0, 0.05) is 38.3 Å². The number of aliphatic hydroxyl groups excluding tert-OH is 1. The van der Waals surface area contributed by atoms with Crippen molar-refractivity contribution in [2.45, 2.75) is 44.8 Å². The van der Waals surface area contributed by atoms with E-state index in [1.54, 1.807) is 0 Å². The van der Waals surface area contributed by atoms with Gasteiger partial charge in [0.1, 0.15) is 6.61 Å². The molecule has 1 N–H and O–H groups in total. The topological polar surface area (TPSA) is 45.2 Å². The smallest absolute Gasteiger partial charge is 0.162 e. The maximum absolute atomic E-state index is 9.48. The largest absolute Gasteiger partial charge is 0.490 e. The Balaban J connectivity index is 1.73. The Kier molecular flexibility index (Phi) is 6.79. The molecule has 5 heteroatoms. The molecule has 2 saturated heterocycles. The minimum absolute atomic E-state index is 0.238. The Labute approximate surface area is 156 Å². The SMILES string of the molecule is C#CCOc1ccc(CN2C[C@@H]3CCCN3C[C@@H]2CCO)cc1OCC. The summed E-state index contributed by atoms with van der Waals surface area (Å²) < 4.78 is 11.3. The number of benzene rings is 1. The number of piperazine rings is 1. The summed E-state index contributed by atoms with van der Waals surface area (Å²) in [5, 5.41) is 9.48. The van der Waals surface area contributed by atoms with Crippen LogP contribution in [0.15, 0.2) is 18.2 Å². The highest BCUT2D eigenvalue weighted by atomic mass is 16.5. The van der Waals surface area contributed by atoms with E-state index in [-0.39, 0.29) is 13.2 Å². The highest BCUT2D eigenvalue weighted by Crippen LogP contribution is 2.31. The van der Waals surface area contributed by atoms with Crippen molar-refractivity contribution in [3.63, 3.8) is 0 Å². The first-order chi connectivity index (χ1) is 12.7. The summed E-state index contributed by atoms with van der Waals surface area (Å²) in [4.78, 5) is 5.12. The molecule has 26 heavy (non-hydrogen) atoms. The van der Waals surface area contributed by atoms with Gasteiger partial charge in [0.2, 0.25) is 0 Å². The Hall–Kier alpha value is -1.74. The van der Waals surface area contributed by atoms with Gasteiger partial charge >= 0.3 is 0 Å². The Bertz CT molecular complexity index is 628. The molecule has 2 fully saturated rings. The molecule has 0 bridgehead atoms. The molecule has 1 aromatic rings. The van der Waals surface area contributed by atoms with E-state index >= 15 is 0 Å². The maximum atomic E-state index is 9.48. The van der Waals surface area contributed by atoms with Crippen LogP contribution in [0.25, 0.3) is 0 Å². The molecule has 2 aliphatic heterocycles. The first-order valence-corrected chi connectivity index (χ1v) is 9.66. The van der Waals surface area contributed by atoms with Crippen LogP contribution in [0.5, 0.6) is 11.5 Å². The van der Waals surface area contributed by atoms with Crippen LogP contribution < -0.4 is 9.47 Å². The van der Waals surface area contributed by atoms with Crippen LogP contribution in [0.4, 0.5) is 0 Å². The summed E-state index contributed by atoms with van der Waals surface area (Å²) in [6, 6.07) is 7.17. The molecule has 1 aromatic carbocycles. The molecule has 0 aromatic heterocycles. The Morgan fingerprint density at radius 3 is 2.92 bits per heavy atom. The molecule has 0 unspecified atom stereocenters. The molecular weight excluding hydrogens is 328 g/mol. The highest BCUT2D eigenvalue weighted by molar-refractivity contribution is 5.43. The molecule has 5 nitrogen and oxygen atoms in total. The summed E-state index contributed by atoms with van der Waals surface area (Å²) in [5.41, 5.74) is 1.20. The van der Waals surface area contributed by atoms with Gasteiger partial charge in [-0.05, 0) is 50.4 Å². The van der Waals surface area contributed by atoms with Gasteiger partial charge in [-0.15, -0.1) is 6.42 Å². The van der Waals surface area contributed by atoms with Gasteiger partial charge in [-0.2, -0.15) is 0 Å². The molecule has 0 saturated carbocycles. The Morgan fingerprint density at radius 2 is 2.15 bits per heavy atom. The number of terminal acetylenes is 1. The average molecular weight is 358 g/mol. The van der Waals surface area contributed by atoms with Crippen LogP contribution in [0.3, 0.4) is 0 Å². The van der Waals surface area contributed by atoms with Crippen molar-refractivity contribution >= 4 is 0 Å². The molecule has 2 heterocycles. The molecule has 0 aliphatic carbocycles. The van der Waals surface area contributed by atoms with E-state index in [9.17, 15) is 5.11 Å². The van der Waals surface area contributed by atoms with Crippen molar-refractivity contribution in [1.29, 1.82) is 0 Å². The number of ether oxygens (including phenoxy) is 2. The fourth-order valence-electron chi connectivity index (χ4n) is 4.16. The second-order valence-electron chi connectivity index (χ2n) is 7.09. The zero-order valence-electron chi connectivity index (χ0n) is 15.7. The zero-order valence-corrected chi connectivity index (χ0v) is 15.7. The van der Waals surface area contributed by atoms with Crippen molar-refractivity contribution in [3.05, 3.63) is 23.8 Å². The molecule has 2 atom stereocenters. The number of rotatable bonds is 8. The van der Waals surface area contributed by atoms with E-state index in [0.29, 0.717) is 24.4 Å². The van der Waals surface area contributed by atoms with E-state index in [0.717, 1.165) is 31.8 Å². The maximum Gasteiger partial charge on any atom is 0.162 e. The summed E-state index contributed by atoms with van der Waals surface area (Å²) in [7, 11) is 0. The number of aliphatic hydroxyl groups is 1. The fourth-order valence-corrected chi connectivity index (χ4v) is 4.16. The van der Waals surface area contributed by atoms with Crippen LogP contribution in [-0.2, 0) is 6.54 Å². The summed E-state index contributed by atoms with van der Waals surface area (Å²) in [6.07, 6.45) is 8.69. The van der Waals surface area contributed by atoms with Crippen LogP contribution in [0, 0.1) is 12.3 Å². The third-order valence-corrected chi connectivity index (χ3v) is 5.37. The van der Waals surface area contributed by atoms with Crippen LogP contribution >= 0.6 is 0 Å². The van der Waals surface area contributed by atoms with Crippen molar-refractivity contribution < 1.29 is 14.6 Å². The molecular formula is C21H30N2O3. The second-order valence-corrected chi connectivity index (χ2v) is 7.09. The minimum atomic E-state index is 0.238. The molecule has 2 aliphatic rings. The lowest BCUT2D eigenvalue weighted by Crippen LogP contribution is -2.55. The van der Waals surface area contributed by atoms with Crippen LogP contribution in [0.1, 0.15) is 31.7 Å². The Morgan fingerprint density at radius 1 is 1.27 bits per heavy atom. The van der Waals surface area contributed by atoms with Gasteiger partial charge in [0.05, 0.1) is 6.61 Å². The molecule has 0 spiro atoms. The fraction of sp³-hybridized carbons (Fsp3) is 0.619. The predicted molar refractivity (Wildman–Crippen MR) is 102 cm³/mol. The van der Waals surface area contributed by atoms with E-state index in [4.69, 9.17) is 15.9 Å². The third kappa shape index (κ3) is 4.50. The van der Waals surface area contributed by atoms with Gasteiger partial charge in [-0.25, -0.2) is 0 Å². The highest BCUT2D eigenvalue weighted by Gasteiger charge is 2.35. The summed E-state index contributed by atoms with van der Waals surface area (Å²) in [5.74, 6) is 3.94. The predicted octanol–water partition coefficient (Wildman–Crippen LogP) is 2.13. The monoisotopic (exact) mass is 358 g/mol. The van der Waals surface area contributed by atoms with Crippen LogP contribution in [0.2, 0.25) is 0 Å². The second kappa shape index (κ2) is 9.27. The van der Waals surface area contributed by atoms with Crippen LogP contribution in [-0.4, -0.2) is 66.4 Å². The first-order valence-electron chi connectivity index (χ1n) is 9.66. The van der Waals surface area contributed by atoms with Gasteiger partial charge in [-0.1, -0.05) is 12.0 Å². The summed E-state index contributed by atoms with van der Waals surface area (Å²) in [6.45, 7) is 7.24. The van der Waals surface area contributed by atoms with E-state index in [2.05, 4.69) is 27.9 Å². The lowest BCUT2D eigenvalue weighted by molar-refractivity contribution is 0.0333. The first kappa shape index (κ1) is 19.0. The zero-order chi connectivity index (χ0) is 18.4. The molecule has 0 amide bonds. The minimum Gasteiger partial charge on any atom is -0.490 e. The third-order valence-electron chi connectivity index (χ3n) is 5.37. The van der Waals surface area contributed by atoms with E-state index in [1.165, 1.54) is 24.9 Å². The van der Waals surface area contributed by atoms with E-state index in [1.807, 2.05) is 13.0 Å². The van der Waals surface area contributed by atoms with Gasteiger partial charge in [-0.3, -0.25) is 9.80 Å². The number of nitrogens with zero attached hydrogens (tertiary/aromatic N) is 2. The number of hydrogen-bond donors (Lipinski definition) is 1. The van der Waals surface area contributed by atoms with Crippen molar-refractivity contribution in [3.8, 4) is 23.8 Å². The van der Waals surface area contributed by atoms with Crippen molar-refractivity contribution in [2.24, 2.45) is 0 Å².